The SMILES string of the molecule is O=C(Nc1ccccc1)C1NNC2CCCCC21. The maximum atomic E-state index is 12.3. The minimum absolute atomic E-state index is 0.0723. The molecule has 3 unspecified atom stereocenters. The first-order valence-electron chi connectivity index (χ1n) is 6.71. The van der Waals surface area contributed by atoms with E-state index >= 15 is 0 Å². The zero-order chi connectivity index (χ0) is 12.4. The lowest BCUT2D eigenvalue weighted by Crippen LogP contribution is -2.42. The van der Waals surface area contributed by atoms with Gasteiger partial charge in [-0.1, -0.05) is 31.0 Å². The summed E-state index contributed by atoms with van der Waals surface area (Å²) in [5.41, 5.74) is 7.29. The fraction of sp³-hybridized carbons (Fsp3) is 0.500. The van der Waals surface area contributed by atoms with Crippen molar-refractivity contribution in [3.8, 4) is 0 Å². The Labute approximate surface area is 107 Å². The standard InChI is InChI=1S/C14H19N3O/c18-14(15-10-6-2-1-3-7-10)13-11-8-4-5-9-12(11)16-17-13/h1-3,6-7,11-13,16-17H,4-5,8-9H2,(H,15,18). The van der Waals surface area contributed by atoms with Gasteiger partial charge >= 0.3 is 0 Å². The number of benzene rings is 1. The van der Waals surface area contributed by atoms with Crippen molar-refractivity contribution in [1.29, 1.82) is 0 Å². The van der Waals surface area contributed by atoms with E-state index in [1.807, 2.05) is 30.3 Å². The molecule has 0 bridgehead atoms. The molecule has 3 N–H and O–H groups in total. The highest BCUT2D eigenvalue weighted by molar-refractivity contribution is 5.95. The molecule has 18 heavy (non-hydrogen) atoms. The van der Waals surface area contributed by atoms with Gasteiger partial charge in [-0.2, -0.15) is 0 Å². The third-order valence-electron chi connectivity index (χ3n) is 4.00. The number of rotatable bonds is 2. The van der Waals surface area contributed by atoms with Crippen LogP contribution in [0.2, 0.25) is 0 Å². The maximum absolute atomic E-state index is 12.3. The second-order valence-electron chi connectivity index (χ2n) is 5.18. The molecule has 1 heterocycles. The molecule has 0 aromatic heterocycles. The molecule has 3 atom stereocenters. The Kier molecular flexibility index (Phi) is 3.30. The van der Waals surface area contributed by atoms with Crippen LogP contribution in [-0.2, 0) is 4.79 Å². The van der Waals surface area contributed by atoms with E-state index in [0.717, 1.165) is 12.1 Å². The Morgan fingerprint density at radius 1 is 1.11 bits per heavy atom. The number of hydrogen-bond donors (Lipinski definition) is 3. The lowest BCUT2D eigenvalue weighted by Gasteiger charge is -2.26. The molecule has 4 nitrogen and oxygen atoms in total. The highest BCUT2D eigenvalue weighted by atomic mass is 16.2. The molecule has 1 saturated heterocycles. The third-order valence-corrected chi connectivity index (χ3v) is 4.00. The van der Waals surface area contributed by atoms with Gasteiger partial charge in [-0.15, -0.1) is 0 Å². The summed E-state index contributed by atoms with van der Waals surface area (Å²) in [4.78, 5) is 12.3. The molecule has 3 rings (SSSR count). The van der Waals surface area contributed by atoms with Gasteiger partial charge in [-0.25, -0.2) is 5.43 Å². The number of hydrazine groups is 1. The molecule has 0 spiro atoms. The summed E-state index contributed by atoms with van der Waals surface area (Å²) < 4.78 is 0. The van der Waals surface area contributed by atoms with E-state index in [-0.39, 0.29) is 11.9 Å². The molecule has 1 saturated carbocycles. The van der Waals surface area contributed by atoms with E-state index in [0.29, 0.717) is 12.0 Å². The van der Waals surface area contributed by atoms with Crippen LogP contribution in [0.3, 0.4) is 0 Å². The van der Waals surface area contributed by atoms with Gasteiger partial charge in [0.25, 0.3) is 0 Å². The quantitative estimate of drug-likeness (QED) is 0.743. The Morgan fingerprint density at radius 2 is 1.89 bits per heavy atom. The minimum atomic E-state index is -0.101. The molecule has 1 aliphatic heterocycles. The van der Waals surface area contributed by atoms with Crippen LogP contribution in [0.4, 0.5) is 5.69 Å². The molecule has 0 radical (unpaired) electrons. The second-order valence-corrected chi connectivity index (χ2v) is 5.18. The van der Waals surface area contributed by atoms with Crippen molar-refractivity contribution in [2.75, 3.05) is 5.32 Å². The third kappa shape index (κ3) is 2.26. The Hall–Kier alpha value is -1.39. The molecule has 4 heteroatoms. The van der Waals surface area contributed by atoms with Crippen LogP contribution >= 0.6 is 0 Å². The van der Waals surface area contributed by atoms with Gasteiger partial charge in [0.05, 0.1) is 0 Å². The first-order chi connectivity index (χ1) is 8.84. The molecule has 1 aromatic rings. The number of amides is 1. The lowest BCUT2D eigenvalue weighted by atomic mass is 9.81. The second kappa shape index (κ2) is 5.08. The molecule has 1 aromatic carbocycles. The Morgan fingerprint density at radius 3 is 2.72 bits per heavy atom. The zero-order valence-corrected chi connectivity index (χ0v) is 10.4. The molecule has 96 valence electrons. The smallest absolute Gasteiger partial charge is 0.243 e. The van der Waals surface area contributed by atoms with Crippen molar-refractivity contribution in [2.24, 2.45) is 5.92 Å². The Bertz CT molecular complexity index is 420. The van der Waals surface area contributed by atoms with E-state index in [2.05, 4.69) is 16.2 Å². The van der Waals surface area contributed by atoms with Crippen LogP contribution in [0, 0.1) is 5.92 Å². The molecule has 1 amide bonds. The van der Waals surface area contributed by atoms with Crippen LogP contribution in [0.15, 0.2) is 30.3 Å². The Balaban J connectivity index is 1.66. The summed E-state index contributed by atoms with van der Waals surface area (Å²) in [6.07, 6.45) is 4.81. The summed E-state index contributed by atoms with van der Waals surface area (Å²) >= 11 is 0. The van der Waals surface area contributed by atoms with Crippen LogP contribution < -0.4 is 16.2 Å². The van der Waals surface area contributed by atoms with Gasteiger partial charge in [0.2, 0.25) is 5.91 Å². The fourth-order valence-electron chi connectivity index (χ4n) is 3.04. The highest BCUT2D eigenvalue weighted by Crippen LogP contribution is 2.30. The molecular weight excluding hydrogens is 226 g/mol. The molecule has 2 fully saturated rings. The number of hydrogen-bond acceptors (Lipinski definition) is 3. The minimum Gasteiger partial charge on any atom is -0.325 e. The average molecular weight is 245 g/mol. The molecule has 1 aliphatic carbocycles. The number of para-hydroxylation sites is 1. The first kappa shape index (κ1) is 11.7. The summed E-state index contributed by atoms with van der Waals surface area (Å²) in [7, 11) is 0. The van der Waals surface area contributed by atoms with Crippen LogP contribution in [0.1, 0.15) is 25.7 Å². The largest absolute Gasteiger partial charge is 0.325 e. The number of nitrogens with one attached hydrogen (secondary N) is 3. The average Bonchev–Trinajstić information content (AvgIpc) is 2.84. The predicted octanol–water partition coefficient (Wildman–Crippen LogP) is 1.66. The van der Waals surface area contributed by atoms with Crippen molar-refractivity contribution in [1.82, 2.24) is 10.9 Å². The molecule has 2 aliphatic rings. The van der Waals surface area contributed by atoms with E-state index < -0.39 is 0 Å². The van der Waals surface area contributed by atoms with Crippen LogP contribution in [0.5, 0.6) is 0 Å². The lowest BCUT2D eigenvalue weighted by molar-refractivity contribution is -0.118. The summed E-state index contributed by atoms with van der Waals surface area (Å²) in [6, 6.07) is 10.00. The summed E-state index contributed by atoms with van der Waals surface area (Å²) in [5.74, 6) is 0.505. The van der Waals surface area contributed by atoms with E-state index in [1.165, 1.54) is 19.3 Å². The monoisotopic (exact) mass is 245 g/mol. The zero-order valence-electron chi connectivity index (χ0n) is 10.4. The van der Waals surface area contributed by atoms with E-state index in [9.17, 15) is 4.79 Å². The van der Waals surface area contributed by atoms with Crippen molar-refractivity contribution in [3.63, 3.8) is 0 Å². The normalized spacial score (nSPS) is 30.8. The molecular formula is C14H19N3O. The summed E-state index contributed by atoms with van der Waals surface area (Å²) in [5, 5.41) is 2.98. The van der Waals surface area contributed by atoms with Gasteiger partial charge in [0.1, 0.15) is 6.04 Å². The van der Waals surface area contributed by atoms with Crippen LogP contribution in [-0.4, -0.2) is 18.0 Å². The highest BCUT2D eigenvalue weighted by Gasteiger charge is 2.40. The number of carbonyl (C=O) groups is 1. The van der Waals surface area contributed by atoms with Crippen LogP contribution in [0.25, 0.3) is 0 Å². The van der Waals surface area contributed by atoms with Crippen molar-refractivity contribution in [3.05, 3.63) is 30.3 Å². The predicted molar refractivity (Wildman–Crippen MR) is 70.9 cm³/mol. The van der Waals surface area contributed by atoms with Gasteiger partial charge < -0.3 is 5.32 Å². The number of anilines is 1. The van der Waals surface area contributed by atoms with E-state index in [4.69, 9.17) is 0 Å². The van der Waals surface area contributed by atoms with Gasteiger partial charge in [0.15, 0.2) is 0 Å². The first-order valence-corrected chi connectivity index (χ1v) is 6.71. The van der Waals surface area contributed by atoms with Crippen molar-refractivity contribution >= 4 is 11.6 Å². The summed E-state index contributed by atoms with van der Waals surface area (Å²) in [6.45, 7) is 0. The number of fused-ring (bicyclic) bond motifs is 1. The van der Waals surface area contributed by atoms with Gasteiger partial charge in [-0.3, -0.25) is 10.2 Å². The number of carbonyl (C=O) groups excluding carboxylic acids is 1. The van der Waals surface area contributed by atoms with Gasteiger partial charge in [0, 0.05) is 17.6 Å². The topological polar surface area (TPSA) is 53.2 Å². The van der Waals surface area contributed by atoms with Gasteiger partial charge in [-0.05, 0) is 25.0 Å². The fourth-order valence-corrected chi connectivity index (χ4v) is 3.04. The van der Waals surface area contributed by atoms with Crippen molar-refractivity contribution < 1.29 is 4.79 Å². The van der Waals surface area contributed by atoms with E-state index in [1.54, 1.807) is 0 Å². The van der Waals surface area contributed by atoms with Crippen molar-refractivity contribution in [2.45, 2.75) is 37.8 Å². The maximum Gasteiger partial charge on any atom is 0.243 e.